The quantitative estimate of drug-likeness (QED) is 0.425. The lowest BCUT2D eigenvalue weighted by Gasteiger charge is -2.12. The van der Waals surface area contributed by atoms with Gasteiger partial charge in [0.05, 0.1) is 10.7 Å². The van der Waals surface area contributed by atoms with Crippen LogP contribution in [0.25, 0.3) is 11.3 Å². The van der Waals surface area contributed by atoms with Crippen molar-refractivity contribution >= 4 is 46.0 Å². The van der Waals surface area contributed by atoms with Crippen LogP contribution in [-0.2, 0) is 0 Å². The standard InChI is InChI=1S/C16H14ClN5S/c17-14-9-12(5-6-13(14)15-7-8-19-22-15)21-16(23)20-11-3-1-10(18)2-4-11/h1-9H,18H2,(H,19,22)(H2,20,21,23). The lowest BCUT2D eigenvalue weighted by atomic mass is 10.1. The lowest BCUT2D eigenvalue weighted by molar-refractivity contribution is 1.10. The van der Waals surface area contributed by atoms with Gasteiger partial charge in [0, 0.05) is 28.8 Å². The summed E-state index contributed by atoms with van der Waals surface area (Å²) in [6.07, 6.45) is 1.68. The molecule has 7 heteroatoms. The molecule has 3 aromatic rings. The first-order valence-corrected chi connectivity index (χ1v) is 7.63. The smallest absolute Gasteiger partial charge is 0.175 e. The van der Waals surface area contributed by atoms with Crippen molar-refractivity contribution < 1.29 is 0 Å². The third-order valence-corrected chi connectivity index (χ3v) is 3.70. The molecule has 2 aromatic carbocycles. The number of benzene rings is 2. The zero-order valence-electron chi connectivity index (χ0n) is 12.0. The molecule has 0 saturated heterocycles. The summed E-state index contributed by atoms with van der Waals surface area (Å²) in [6.45, 7) is 0. The normalized spacial score (nSPS) is 10.3. The highest BCUT2D eigenvalue weighted by Crippen LogP contribution is 2.28. The molecule has 1 aromatic heterocycles. The number of H-pyrrole nitrogens is 1. The lowest BCUT2D eigenvalue weighted by Crippen LogP contribution is -2.19. The van der Waals surface area contributed by atoms with E-state index in [-0.39, 0.29) is 0 Å². The molecule has 1 heterocycles. The molecule has 0 atom stereocenters. The Kier molecular flexibility index (Phi) is 4.45. The zero-order valence-corrected chi connectivity index (χ0v) is 13.6. The molecule has 0 aliphatic heterocycles. The minimum atomic E-state index is 0.472. The van der Waals surface area contributed by atoms with E-state index in [2.05, 4.69) is 20.8 Å². The number of thiocarbonyl (C=S) groups is 1. The monoisotopic (exact) mass is 343 g/mol. The molecule has 0 saturated carbocycles. The van der Waals surface area contributed by atoms with Crippen LogP contribution in [0.5, 0.6) is 0 Å². The molecular weight excluding hydrogens is 330 g/mol. The molecule has 0 aliphatic rings. The molecule has 0 aliphatic carbocycles. The van der Waals surface area contributed by atoms with Crippen LogP contribution in [0.4, 0.5) is 17.1 Å². The van der Waals surface area contributed by atoms with Gasteiger partial charge in [-0.1, -0.05) is 11.6 Å². The highest BCUT2D eigenvalue weighted by atomic mass is 35.5. The highest BCUT2D eigenvalue weighted by molar-refractivity contribution is 7.80. The van der Waals surface area contributed by atoms with Crippen LogP contribution >= 0.6 is 23.8 Å². The van der Waals surface area contributed by atoms with E-state index in [1.54, 1.807) is 18.3 Å². The molecule has 116 valence electrons. The van der Waals surface area contributed by atoms with Crippen molar-refractivity contribution in [2.24, 2.45) is 0 Å². The summed E-state index contributed by atoms with van der Waals surface area (Å²) in [7, 11) is 0. The molecule has 23 heavy (non-hydrogen) atoms. The number of nitrogens with zero attached hydrogens (tertiary/aromatic N) is 1. The Hall–Kier alpha value is -2.57. The Bertz CT molecular complexity index is 815. The van der Waals surface area contributed by atoms with Gasteiger partial charge in [-0.2, -0.15) is 5.10 Å². The van der Waals surface area contributed by atoms with Crippen molar-refractivity contribution in [3.05, 3.63) is 59.8 Å². The van der Waals surface area contributed by atoms with Crippen molar-refractivity contribution in [2.75, 3.05) is 16.4 Å². The summed E-state index contributed by atoms with van der Waals surface area (Å²) in [5.41, 5.74) is 9.76. The number of hydrogen-bond donors (Lipinski definition) is 4. The van der Waals surface area contributed by atoms with Crippen molar-refractivity contribution in [2.45, 2.75) is 0 Å². The summed E-state index contributed by atoms with van der Waals surface area (Å²) < 4.78 is 0. The van der Waals surface area contributed by atoms with Gasteiger partial charge in [-0.25, -0.2) is 0 Å². The van der Waals surface area contributed by atoms with Gasteiger partial charge in [0.15, 0.2) is 5.11 Å². The van der Waals surface area contributed by atoms with Crippen LogP contribution < -0.4 is 16.4 Å². The highest BCUT2D eigenvalue weighted by Gasteiger charge is 2.07. The molecule has 0 unspecified atom stereocenters. The summed E-state index contributed by atoms with van der Waals surface area (Å²) in [5, 5.41) is 14.1. The van der Waals surface area contributed by atoms with E-state index in [1.807, 2.05) is 36.4 Å². The average Bonchev–Trinajstić information content (AvgIpc) is 3.04. The molecule has 0 bridgehead atoms. The van der Waals surface area contributed by atoms with E-state index in [0.717, 1.165) is 22.6 Å². The maximum absolute atomic E-state index is 6.32. The number of nitrogens with one attached hydrogen (secondary N) is 3. The summed E-state index contributed by atoms with van der Waals surface area (Å²) in [6, 6.07) is 14.8. The van der Waals surface area contributed by atoms with Crippen LogP contribution in [0.1, 0.15) is 0 Å². The summed E-state index contributed by atoms with van der Waals surface area (Å²) in [4.78, 5) is 0. The number of nitrogen functional groups attached to an aromatic ring is 1. The van der Waals surface area contributed by atoms with Crippen LogP contribution in [0.15, 0.2) is 54.7 Å². The topological polar surface area (TPSA) is 78.8 Å². The average molecular weight is 344 g/mol. The Morgan fingerprint density at radius 1 is 1.04 bits per heavy atom. The molecule has 5 nitrogen and oxygen atoms in total. The van der Waals surface area contributed by atoms with Crippen molar-refractivity contribution in [3.63, 3.8) is 0 Å². The van der Waals surface area contributed by atoms with Crippen molar-refractivity contribution in [3.8, 4) is 11.3 Å². The first kappa shape index (κ1) is 15.3. The Morgan fingerprint density at radius 2 is 1.74 bits per heavy atom. The number of aromatic nitrogens is 2. The maximum Gasteiger partial charge on any atom is 0.175 e. The van der Waals surface area contributed by atoms with Gasteiger partial charge in [-0.15, -0.1) is 0 Å². The van der Waals surface area contributed by atoms with E-state index in [9.17, 15) is 0 Å². The fourth-order valence-corrected chi connectivity index (χ4v) is 2.60. The molecule has 3 rings (SSSR count). The number of aromatic amines is 1. The van der Waals surface area contributed by atoms with Crippen LogP contribution in [0, 0.1) is 0 Å². The maximum atomic E-state index is 6.32. The second-order valence-corrected chi connectivity index (χ2v) is 5.68. The molecule has 0 amide bonds. The van der Waals surface area contributed by atoms with Crippen molar-refractivity contribution in [1.29, 1.82) is 0 Å². The van der Waals surface area contributed by atoms with Gasteiger partial charge in [-0.05, 0) is 60.7 Å². The molecule has 0 spiro atoms. The minimum absolute atomic E-state index is 0.472. The second-order valence-electron chi connectivity index (χ2n) is 4.87. The van der Waals surface area contributed by atoms with Crippen LogP contribution in [-0.4, -0.2) is 15.3 Å². The largest absolute Gasteiger partial charge is 0.399 e. The number of halogens is 1. The number of nitrogens with two attached hydrogens (primary N) is 1. The summed E-state index contributed by atoms with van der Waals surface area (Å²) in [5.74, 6) is 0. The van der Waals surface area contributed by atoms with Gasteiger partial charge < -0.3 is 16.4 Å². The SMILES string of the molecule is Nc1ccc(NC(=S)Nc2ccc(-c3ccn[nH]3)c(Cl)c2)cc1. The fraction of sp³-hybridized carbons (Fsp3) is 0. The number of rotatable bonds is 3. The van der Waals surface area contributed by atoms with Gasteiger partial charge in [0.1, 0.15) is 0 Å². The first-order chi connectivity index (χ1) is 11.1. The Labute approximate surface area is 143 Å². The number of hydrogen-bond acceptors (Lipinski definition) is 3. The third kappa shape index (κ3) is 3.80. The predicted molar refractivity (Wildman–Crippen MR) is 99.7 cm³/mol. The molecule has 0 radical (unpaired) electrons. The van der Waals surface area contributed by atoms with E-state index >= 15 is 0 Å². The van der Waals surface area contributed by atoms with Gasteiger partial charge in [0.2, 0.25) is 0 Å². The van der Waals surface area contributed by atoms with E-state index in [4.69, 9.17) is 29.6 Å². The van der Waals surface area contributed by atoms with E-state index in [1.165, 1.54) is 0 Å². The molecule has 0 fully saturated rings. The third-order valence-electron chi connectivity index (χ3n) is 3.19. The van der Waals surface area contributed by atoms with Crippen molar-refractivity contribution in [1.82, 2.24) is 10.2 Å². The number of anilines is 3. The van der Waals surface area contributed by atoms with Gasteiger partial charge >= 0.3 is 0 Å². The Morgan fingerprint density at radius 3 is 2.39 bits per heavy atom. The van der Waals surface area contributed by atoms with E-state index in [0.29, 0.717) is 15.8 Å². The van der Waals surface area contributed by atoms with E-state index < -0.39 is 0 Å². The molecular formula is C16H14ClN5S. The zero-order chi connectivity index (χ0) is 16.2. The van der Waals surface area contributed by atoms with Crippen LogP contribution in [0.3, 0.4) is 0 Å². The predicted octanol–water partition coefficient (Wildman–Crippen LogP) is 4.12. The first-order valence-electron chi connectivity index (χ1n) is 6.84. The minimum Gasteiger partial charge on any atom is -0.399 e. The Balaban J connectivity index is 1.69. The second kappa shape index (κ2) is 6.68. The van der Waals surface area contributed by atoms with Gasteiger partial charge in [-0.3, -0.25) is 5.10 Å². The van der Waals surface area contributed by atoms with Gasteiger partial charge in [0.25, 0.3) is 0 Å². The fourth-order valence-electron chi connectivity index (χ4n) is 2.08. The van der Waals surface area contributed by atoms with Crippen LogP contribution in [0.2, 0.25) is 5.02 Å². The summed E-state index contributed by atoms with van der Waals surface area (Å²) >= 11 is 11.6. The molecule has 5 N–H and O–H groups in total.